The maximum atomic E-state index is 11.8. The summed E-state index contributed by atoms with van der Waals surface area (Å²) in [6.07, 6.45) is 0.531. The second-order valence-corrected chi connectivity index (χ2v) is 6.64. The minimum absolute atomic E-state index is 0.115. The van der Waals surface area contributed by atoms with E-state index in [0.717, 1.165) is 4.88 Å². The molecule has 0 saturated carbocycles. The lowest BCUT2D eigenvalue weighted by Gasteiger charge is -2.06. The van der Waals surface area contributed by atoms with Gasteiger partial charge in [0.15, 0.2) is 12.2 Å². The van der Waals surface area contributed by atoms with E-state index in [-0.39, 0.29) is 18.9 Å². The van der Waals surface area contributed by atoms with Crippen LogP contribution in [0, 0.1) is 0 Å². The lowest BCUT2D eigenvalue weighted by molar-refractivity contribution is -0.148. The Morgan fingerprint density at radius 3 is 2.85 bits per heavy atom. The maximum absolute atomic E-state index is 11.8. The number of esters is 1. The molecule has 0 aliphatic heterocycles. The van der Waals surface area contributed by atoms with Crippen molar-refractivity contribution in [1.29, 1.82) is 0 Å². The fourth-order valence-corrected chi connectivity index (χ4v) is 3.12. The molecule has 0 atom stereocenters. The molecule has 0 aliphatic carbocycles. The number of aromatic nitrogens is 1. The van der Waals surface area contributed by atoms with Crippen molar-refractivity contribution in [3.63, 3.8) is 0 Å². The Kier molecular flexibility index (Phi) is 5.85. The highest BCUT2D eigenvalue weighted by Gasteiger charge is 2.11. The molecule has 2 heterocycles. The summed E-state index contributed by atoms with van der Waals surface area (Å²) in [5.41, 5.74) is 1.21. The van der Waals surface area contributed by atoms with Crippen LogP contribution in [0.3, 0.4) is 0 Å². The average Bonchev–Trinajstić information content (AvgIpc) is 3.26. The number of hydrogen-bond donors (Lipinski definition) is 1. The van der Waals surface area contributed by atoms with Gasteiger partial charge in [0.2, 0.25) is 0 Å². The van der Waals surface area contributed by atoms with E-state index in [9.17, 15) is 14.4 Å². The predicted octanol–water partition coefficient (Wildman–Crippen LogP) is 2.30. The smallest absolute Gasteiger partial charge is 0.419 e. The highest BCUT2D eigenvalue weighted by Crippen LogP contribution is 2.12. The summed E-state index contributed by atoms with van der Waals surface area (Å²) in [7, 11) is 0. The number of hydrogen-bond acceptors (Lipinski definition) is 6. The fraction of sp³-hybridized carbons (Fsp3) is 0.278. The molecule has 136 valence electrons. The molecule has 0 bridgehead atoms. The molecule has 0 radical (unpaired) electrons. The summed E-state index contributed by atoms with van der Waals surface area (Å²) in [5, 5.41) is 4.61. The Bertz CT molecular complexity index is 942. The summed E-state index contributed by atoms with van der Waals surface area (Å²) in [5.74, 6) is -1.27. The van der Waals surface area contributed by atoms with E-state index in [2.05, 4.69) is 5.32 Å². The van der Waals surface area contributed by atoms with Crippen LogP contribution in [0.15, 0.2) is 51.0 Å². The van der Waals surface area contributed by atoms with Crippen LogP contribution in [0.2, 0.25) is 0 Å². The Labute approximate surface area is 153 Å². The second kappa shape index (κ2) is 8.48. The van der Waals surface area contributed by atoms with Crippen molar-refractivity contribution in [3.05, 3.63) is 57.2 Å². The molecule has 26 heavy (non-hydrogen) atoms. The molecular weight excluding hydrogens is 356 g/mol. The van der Waals surface area contributed by atoms with Crippen LogP contribution < -0.4 is 11.1 Å². The molecule has 3 rings (SSSR count). The van der Waals surface area contributed by atoms with Crippen LogP contribution in [0.25, 0.3) is 11.1 Å². The van der Waals surface area contributed by atoms with Gasteiger partial charge < -0.3 is 14.5 Å². The Morgan fingerprint density at radius 2 is 2.04 bits per heavy atom. The SMILES string of the molecule is O=C(COC(=O)CCCn1c(=O)oc2ccccc21)NCc1cccs1. The minimum atomic E-state index is -0.475. The quantitative estimate of drug-likeness (QED) is 0.611. The first-order chi connectivity index (χ1) is 12.6. The lowest BCUT2D eigenvalue weighted by atomic mass is 10.3. The highest BCUT2D eigenvalue weighted by atomic mass is 32.1. The summed E-state index contributed by atoms with van der Waals surface area (Å²) < 4.78 is 11.6. The predicted molar refractivity (Wildman–Crippen MR) is 96.8 cm³/mol. The standard InChI is InChI=1S/C18H18N2O5S/c21-16(19-11-13-5-4-10-26-13)12-24-17(22)8-3-9-20-14-6-1-2-7-15(14)25-18(20)23/h1-2,4-7,10H,3,8-9,11-12H2,(H,19,21). The van der Waals surface area contributed by atoms with Crippen LogP contribution in [0.4, 0.5) is 0 Å². The number of amides is 1. The zero-order chi connectivity index (χ0) is 18.4. The van der Waals surface area contributed by atoms with Crippen molar-refractivity contribution in [3.8, 4) is 0 Å². The number of carbonyl (C=O) groups is 2. The molecule has 0 saturated heterocycles. The molecule has 0 spiro atoms. The molecule has 1 aromatic carbocycles. The molecule has 8 heteroatoms. The molecule has 0 unspecified atom stereocenters. The Hall–Kier alpha value is -2.87. The van der Waals surface area contributed by atoms with Gasteiger partial charge in [-0.25, -0.2) is 4.79 Å². The molecule has 1 N–H and O–H groups in total. The Balaban J connectivity index is 1.39. The highest BCUT2D eigenvalue weighted by molar-refractivity contribution is 7.09. The van der Waals surface area contributed by atoms with Crippen molar-refractivity contribution in [2.75, 3.05) is 6.61 Å². The molecule has 3 aromatic rings. The van der Waals surface area contributed by atoms with Crippen molar-refractivity contribution in [2.45, 2.75) is 25.9 Å². The molecule has 2 aromatic heterocycles. The summed E-state index contributed by atoms with van der Waals surface area (Å²) >= 11 is 1.54. The van der Waals surface area contributed by atoms with Gasteiger partial charge in [0, 0.05) is 17.8 Å². The zero-order valence-electron chi connectivity index (χ0n) is 14.0. The molecular formula is C18H18N2O5S. The molecule has 1 amide bonds. The number of benzene rings is 1. The molecule has 0 aliphatic rings. The summed E-state index contributed by atoms with van der Waals surface area (Å²) in [6.45, 7) is 0.457. The first kappa shape index (κ1) is 17.9. The zero-order valence-corrected chi connectivity index (χ0v) is 14.8. The number of ether oxygens (including phenoxy) is 1. The van der Waals surface area contributed by atoms with Crippen molar-refractivity contribution < 1.29 is 18.7 Å². The van der Waals surface area contributed by atoms with Crippen molar-refractivity contribution in [1.82, 2.24) is 9.88 Å². The number of fused-ring (bicyclic) bond motifs is 1. The van der Waals surface area contributed by atoms with Gasteiger partial charge >= 0.3 is 11.7 Å². The Morgan fingerprint density at radius 1 is 1.19 bits per heavy atom. The fourth-order valence-electron chi connectivity index (χ4n) is 2.48. The van der Waals surface area contributed by atoms with E-state index in [1.807, 2.05) is 23.6 Å². The van der Waals surface area contributed by atoms with E-state index < -0.39 is 11.7 Å². The number of carbonyl (C=O) groups excluding carboxylic acids is 2. The second-order valence-electron chi connectivity index (χ2n) is 5.61. The van der Waals surface area contributed by atoms with Gasteiger partial charge in [-0.15, -0.1) is 11.3 Å². The summed E-state index contributed by atoms with van der Waals surface area (Å²) in [6, 6.07) is 10.9. The first-order valence-electron chi connectivity index (χ1n) is 8.16. The number of rotatable bonds is 8. The van der Waals surface area contributed by atoms with E-state index >= 15 is 0 Å². The van der Waals surface area contributed by atoms with Crippen LogP contribution in [-0.2, 0) is 27.4 Å². The number of aryl methyl sites for hydroxylation is 1. The number of nitrogens with zero attached hydrogens (tertiary/aromatic N) is 1. The third-order valence-corrected chi connectivity index (χ3v) is 4.62. The van der Waals surface area contributed by atoms with Crippen molar-refractivity contribution in [2.24, 2.45) is 0 Å². The van der Waals surface area contributed by atoms with E-state index in [4.69, 9.17) is 9.15 Å². The van der Waals surface area contributed by atoms with Crippen LogP contribution in [-0.4, -0.2) is 23.1 Å². The average molecular weight is 374 g/mol. The minimum Gasteiger partial charge on any atom is -0.456 e. The van der Waals surface area contributed by atoms with E-state index in [0.29, 0.717) is 30.6 Å². The number of para-hydroxylation sites is 2. The van der Waals surface area contributed by atoms with Gasteiger partial charge in [-0.2, -0.15) is 0 Å². The van der Waals surface area contributed by atoms with Gasteiger partial charge in [-0.1, -0.05) is 18.2 Å². The molecule has 7 nitrogen and oxygen atoms in total. The first-order valence-corrected chi connectivity index (χ1v) is 9.04. The normalized spacial score (nSPS) is 10.8. The topological polar surface area (TPSA) is 90.5 Å². The van der Waals surface area contributed by atoms with Gasteiger partial charge in [-0.3, -0.25) is 14.2 Å². The molecule has 0 fully saturated rings. The van der Waals surface area contributed by atoms with Gasteiger partial charge in [-0.05, 0) is 30.0 Å². The lowest BCUT2D eigenvalue weighted by Crippen LogP contribution is -2.28. The van der Waals surface area contributed by atoms with Gasteiger partial charge in [0.05, 0.1) is 12.1 Å². The van der Waals surface area contributed by atoms with Crippen LogP contribution >= 0.6 is 11.3 Å². The van der Waals surface area contributed by atoms with Crippen molar-refractivity contribution >= 4 is 34.3 Å². The summed E-state index contributed by atoms with van der Waals surface area (Å²) in [4.78, 5) is 36.3. The number of nitrogens with one attached hydrogen (secondary N) is 1. The monoisotopic (exact) mass is 374 g/mol. The largest absolute Gasteiger partial charge is 0.456 e. The van der Waals surface area contributed by atoms with Gasteiger partial charge in [0.1, 0.15) is 0 Å². The van der Waals surface area contributed by atoms with Crippen LogP contribution in [0.5, 0.6) is 0 Å². The maximum Gasteiger partial charge on any atom is 0.419 e. The number of thiophene rings is 1. The van der Waals surface area contributed by atoms with E-state index in [1.54, 1.807) is 29.5 Å². The number of oxazole rings is 1. The van der Waals surface area contributed by atoms with Gasteiger partial charge in [0.25, 0.3) is 5.91 Å². The third kappa shape index (κ3) is 4.60. The van der Waals surface area contributed by atoms with Crippen LogP contribution in [0.1, 0.15) is 17.7 Å². The van der Waals surface area contributed by atoms with E-state index in [1.165, 1.54) is 4.57 Å². The third-order valence-electron chi connectivity index (χ3n) is 3.74.